The van der Waals surface area contributed by atoms with Gasteiger partial charge in [0, 0.05) is 35.3 Å². The SMILES string of the molecule is CCOc1cc(NC2CCCC2)c2[nH]c(-c3ccccn3)cc2c1.CCOc1cc([N+](=O)[O-])c2[nH]c(-c3ccccn3)cc2c1. The Morgan fingerprint density at radius 1 is 0.800 bits per heavy atom. The molecule has 1 aliphatic rings. The van der Waals surface area contributed by atoms with Crippen LogP contribution < -0.4 is 14.8 Å². The van der Waals surface area contributed by atoms with Crippen molar-refractivity contribution < 1.29 is 14.4 Å². The molecule has 1 fully saturated rings. The molecule has 0 saturated heterocycles. The van der Waals surface area contributed by atoms with Gasteiger partial charge in [0.05, 0.1) is 58.2 Å². The molecule has 4 heterocycles. The molecule has 0 atom stereocenters. The molecule has 230 valence electrons. The lowest BCUT2D eigenvalue weighted by molar-refractivity contribution is -0.383. The number of nitrogens with zero attached hydrogens (tertiary/aromatic N) is 3. The van der Waals surface area contributed by atoms with Gasteiger partial charge in [0.15, 0.2) is 0 Å². The molecular formula is C35H36N6O4. The average Bonchev–Trinajstić information content (AvgIpc) is 3.82. The smallest absolute Gasteiger partial charge is 0.296 e. The van der Waals surface area contributed by atoms with E-state index in [4.69, 9.17) is 9.47 Å². The predicted octanol–water partition coefficient (Wildman–Crippen LogP) is 8.52. The molecule has 0 spiro atoms. The molecule has 0 radical (unpaired) electrons. The standard InChI is InChI=1S/C20H23N3O.C15H13N3O3/c1-2-24-16-11-14-12-18(17-9-5-6-10-21-17)23-20(14)19(13-16)22-15-7-3-4-8-15;1-2-21-11-7-10-8-13(12-5-3-4-6-16-12)17-15(10)14(9-11)18(19)20/h5-6,9-13,15,22-23H,2-4,7-8H2,1H3;3-9,17H,2H2,1H3. The Kier molecular flexibility index (Phi) is 8.91. The number of non-ortho nitro benzene ring substituents is 1. The van der Waals surface area contributed by atoms with Gasteiger partial charge in [-0.2, -0.15) is 0 Å². The molecule has 45 heavy (non-hydrogen) atoms. The summed E-state index contributed by atoms with van der Waals surface area (Å²) in [5.74, 6) is 1.40. The summed E-state index contributed by atoms with van der Waals surface area (Å²) in [6.45, 7) is 4.99. The maximum Gasteiger partial charge on any atom is 0.296 e. The molecular weight excluding hydrogens is 568 g/mol. The van der Waals surface area contributed by atoms with Crippen LogP contribution >= 0.6 is 0 Å². The summed E-state index contributed by atoms with van der Waals surface area (Å²) >= 11 is 0. The fourth-order valence-corrected chi connectivity index (χ4v) is 5.78. The highest BCUT2D eigenvalue weighted by atomic mass is 16.6. The number of hydrogen-bond donors (Lipinski definition) is 3. The van der Waals surface area contributed by atoms with Crippen molar-refractivity contribution in [3.63, 3.8) is 0 Å². The van der Waals surface area contributed by atoms with E-state index in [1.54, 1.807) is 12.3 Å². The molecule has 1 saturated carbocycles. The van der Waals surface area contributed by atoms with E-state index in [2.05, 4.69) is 43.5 Å². The van der Waals surface area contributed by atoms with Crippen molar-refractivity contribution in [3.8, 4) is 34.3 Å². The first kappa shape index (κ1) is 29.7. The second-order valence-corrected chi connectivity index (χ2v) is 10.9. The van der Waals surface area contributed by atoms with Crippen molar-refractivity contribution in [3.05, 3.63) is 95.3 Å². The Labute approximate surface area is 261 Å². The number of aromatic amines is 2. The van der Waals surface area contributed by atoms with Crippen molar-refractivity contribution in [1.82, 2.24) is 19.9 Å². The van der Waals surface area contributed by atoms with Gasteiger partial charge in [-0.05, 0) is 75.2 Å². The lowest BCUT2D eigenvalue weighted by Crippen LogP contribution is -2.14. The minimum Gasteiger partial charge on any atom is -0.494 e. The number of nitro benzene ring substituents is 1. The highest BCUT2D eigenvalue weighted by Gasteiger charge is 2.19. The van der Waals surface area contributed by atoms with Crippen LogP contribution in [0.4, 0.5) is 11.4 Å². The Balaban J connectivity index is 0.000000160. The zero-order chi connectivity index (χ0) is 31.2. The number of nitrogens with one attached hydrogen (secondary N) is 3. The summed E-state index contributed by atoms with van der Waals surface area (Å²) in [5.41, 5.74) is 6.20. The first-order valence-electron chi connectivity index (χ1n) is 15.3. The van der Waals surface area contributed by atoms with E-state index in [1.807, 2.05) is 62.5 Å². The van der Waals surface area contributed by atoms with Crippen LogP contribution in [0.1, 0.15) is 39.5 Å². The maximum atomic E-state index is 11.2. The first-order chi connectivity index (χ1) is 22.0. The third kappa shape index (κ3) is 6.75. The molecule has 10 heteroatoms. The monoisotopic (exact) mass is 604 g/mol. The third-order valence-corrected chi connectivity index (χ3v) is 7.80. The lowest BCUT2D eigenvalue weighted by atomic mass is 10.1. The maximum absolute atomic E-state index is 11.2. The number of benzene rings is 2. The van der Waals surface area contributed by atoms with E-state index >= 15 is 0 Å². The Morgan fingerprint density at radius 2 is 1.36 bits per heavy atom. The normalized spacial score (nSPS) is 13.0. The van der Waals surface area contributed by atoms with Crippen molar-refractivity contribution in [2.75, 3.05) is 18.5 Å². The molecule has 7 rings (SSSR count). The molecule has 0 bridgehead atoms. The largest absolute Gasteiger partial charge is 0.494 e. The van der Waals surface area contributed by atoms with Crippen LogP contribution in [0.3, 0.4) is 0 Å². The molecule has 1 aliphatic carbocycles. The number of ether oxygens (including phenoxy) is 2. The van der Waals surface area contributed by atoms with Crippen LogP contribution in [0.5, 0.6) is 11.5 Å². The lowest BCUT2D eigenvalue weighted by Gasteiger charge is -2.15. The summed E-state index contributed by atoms with van der Waals surface area (Å²) in [4.78, 5) is 26.1. The van der Waals surface area contributed by atoms with Gasteiger partial charge in [0.1, 0.15) is 17.0 Å². The average molecular weight is 605 g/mol. The van der Waals surface area contributed by atoms with Crippen LogP contribution in [-0.4, -0.2) is 44.1 Å². The molecule has 3 N–H and O–H groups in total. The van der Waals surface area contributed by atoms with E-state index < -0.39 is 4.92 Å². The van der Waals surface area contributed by atoms with Crippen molar-refractivity contribution in [1.29, 1.82) is 0 Å². The third-order valence-electron chi connectivity index (χ3n) is 7.80. The van der Waals surface area contributed by atoms with E-state index in [9.17, 15) is 10.1 Å². The zero-order valence-electron chi connectivity index (χ0n) is 25.4. The second kappa shape index (κ2) is 13.5. The van der Waals surface area contributed by atoms with Gasteiger partial charge in [-0.1, -0.05) is 25.0 Å². The summed E-state index contributed by atoms with van der Waals surface area (Å²) < 4.78 is 11.2. The van der Waals surface area contributed by atoms with Gasteiger partial charge in [-0.15, -0.1) is 0 Å². The molecule has 2 aromatic carbocycles. The Hall–Kier alpha value is -5.38. The van der Waals surface area contributed by atoms with Gasteiger partial charge in [-0.3, -0.25) is 20.1 Å². The van der Waals surface area contributed by atoms with E-state index in [0.29, 0.717) is 30.5 Å². The Morgan fingerprint density at radius 3 is 1.89 bits per heavy atom. The molecule has 6 aromatic rings. The van der Waals surface area contributed by atoms with Crippen molar-refractivity contribution >= 4 is 33.2 Å². The minimum atomic E-state index is -0.413. The number of fused-ring (bicyclic) bond motifs is 2. The number of aromatic nitrogens is 4. The second-order valence-electron chi connectivity index (χ2n) is 10.9. The highest BCUT2D eigenvalue weighted by molar-refractivity contribution is 5.96. The minimum absolute atomic E-state index is 0.00173. The van der Waals surface area contributed by atoms with Crippen LogP contribution in [0, 0.1) is 10.1 Å². The molecule has 0 amide bonds. The molecule has 4 aromatic heterocycles. The van der Waals surface area contributed by atoms with E-state index in [0.717, 1.165) is 50.5 Å². The van der Waals surface area contributed by atoms with Crippen LogP contribution in [0.25, 0.3) is 44.6 Å². The van der Waals surface area contributed by atoms with Crippen LogP contribution in [0.2, 0.25) is 0 Å². The van der Waals surface area contributed by atoms with Gasteiger partial charge in [-0.25, -0.2) is 0 Å². The highest BCUT2D eigenvalue weighted by Crippen LogP contribution is 2.35. The van der Waals surface area contributed by atoms with Gasteiger partial charge >= 0.3 is 0 Å². The van der Waals surface area contributed by atoms with Crippen molar-refractivity contribution in [2.45, 2.75) is 45.6 Å². The molecule has 0 unspecified atom stereocenters. The number of hydrogen-bond acceptors (Lipinski definition) is 7. The summed E-state index contributed by atoms with van der Waals surface area (Å²) in [6, 6.07) is 23.5. The summed E-state index contributed by atoms with van der Waals surface area (Å²) in [5, 5.41) is 16.8. The number of rotatable bonds is 9. The fraction of sp³-hybridized carbons (Fsp3) is 0.257. The number of nitro groups is 1. The zero-order valence-corrected chi connectivity index (χ0v) is 25.4. The molecule has 10 nitrogen and oxygen atoms in total. The van der Waals surface area contributed by atoms with E-state index in [1.165, 1.54) is 31.7 Å². The molecule has 0 aliphatic heterocycles. The summed E-state index contributed by atoms with van der Waals surface area (Å²) in [7, 11) is 0. The Bertz CT molecular complexity index is 1900. The topological polar surface area (TPSA) is 131 Å². The summed E-state index contributed by atoms with van der Waals surface area (Å²) in [6.07, 6.45) is 8.62. The van der Waals surface area contributed by atoms with Gasteiger partial charge in [0.25, 0.3) is 5.69 Å². The predicted molar refractivity (Wildman–Crippen MR) is 178 cm³/mol. The number of anilines is 1. The van der Waals surface area contributed by atoms with Crippen LogP contribution in [0.15, 0.2) is 85.2 Å². The van der Waals surface area contributed by atoms with Crippen molar-refractivity contribution in [2.24, 2.45) is 0 Å². The fourth-order valence-electron chi connectivity index (χ4n) is 5.78. The van der Waals surface area contributed by atoms with E-state index in [-0.39, 0.29) is 5.69 Å². The number of pyridine rings is 2. The quantitative estimate of drug-likeness (QED) is 0.111. The first-order valence-corrected chi connectivity index (χ1v) is 15.3. The van der Waals surface area contributed by atoms with Gasteiger partial charge in [0.2, 0.25) is 0 Å². The van der Waals surface area contributed by atoms with Crippen LogP contribution in [-0.2, 0) is 0 Å². The number of H-pyrrole nitrogens is 2. The van der Waals surface area contributed by atoms with Gasteiger partial charge < -0.3 is 24.8 Å².